The normalized spacial score (nSPS) is 17.3. The van der Waals surface area contributed by atoms with Gasteiger partial charge in [0, 0.05) is 12.1 Å². The zero-order valence-electron chi connectivity index (χ0n) is 14.7. The Kier molecular flexibility index (Phi) is 5.83. The van der Waals surface area contributed by atoms with Gasteiger partial charge in [-0.2, -0.15) is 0 Å². The Morgan fingerprint density at radius 3 is 2.73 bits per heavy atom. The maximum Gasteiger partial charge on any atom is 0.238 e. The van der Waals surface area contributed by atoms with Crippen molar-refractivity contribution in [2.45, 2.75) is 25.8 Å². The van der Waals surface area contributed by atoms with Gasteiger partial charge in [0.05, 0.1) is 18.8 Å². The number of ether oxygens (including phenoxy) is 1. The van der Waals surface area contributed by atoms with Gasteiger partial charge in [-0.3, -0.25) is 9.69 Å². The van der Waals surface area contributed by atoms with Crippen LogP contribution in [0.5, 0.6) is 5.75 Å². The van der Waals surface area contributed by atoms with Crippen LogP contribution in [0, 0.1) is 11.6 Å². The zero-order chi connectivity index (χ0) is 18.5. The van der Waals surface area contributed by atoms with E-state index in [0.29, 0.717) is 6.61 Å². The number of amides is 1. The number of rotatable bonds is 6. The third kappa shape index (κ3) is 4.38. The monoisotopic (exact) mass is 360 g/mol. The third-order valence-corrected chi connectivity index (χ3v) is 4.49. The summed E-state index contributed by atoms with van der Waals surface area (Å²) in [6.45, 7) is 3.48. The van der Waals surface area contributed by atoms with Crippen LogP contribution in [0.25, 0.3) is 0 Å². The fourth-order valence-electron chi connectivity index (χ4n) is 3.31. The first-order valence-corrected chi connectivity index (χ1v) is 8.78. The number of hydrogen-bond donors (Lipinski definition) is 1. The Morgan fingerprint density at radius 1 is 1.23 bits per heavy atom. The molecule has 1 aliphatic heterocycles. The van der Waals surface area contributed by atoms with Gasteiger partial charge in [0.25, 0.3) is 0 Å². The Morgan fingerprint density at radius 2 is 2.00 bits per heavy atom. The van der Waals surface area contributed by atoms with Crippen LogP contribution in [0.1, 0.15) is 31.4 Å². The van der Waals surface area contributed by atoms with Crippen molar-refractivity contribution < 1.29 is 18.3 Å². The molecule has 0 spiro atoms. The molecule has 2 aromatic rings. The van der Waals surface area contributed by atoms with Crippen LogP contribution in [-0.2, 0) is 4.79 Å². The minimum absolute atomic E-state index is 0.133. The summed E-state index contributed by atoms with van der Waals surface area (Å²) in [7, 11) is 0. The van der Waals surface area contributed by atoms with Crippen LogP contribution in [0.15, 0.2) is 42.5 Å². The number of halogens is 2. The Bertz CT molecular complexity index is 765. The molecular weight excluding hydrogens is 338 g/mol. The molecule has 1 atom stereocenters. The van der Waals surface area contributed by atoms with Crippen LogP contribution in [0.2, 0.25) is 0 Å². The molecule has 138 valence electrons. The number of benzene rings is 2. The number of carbonyl (C=O) groups is 1. The van der Waals surface area contributed by atoms with E-state index in [0.717, 1.165) is 48.9 Å². The highest BCUT2D eigenvalue weighted by molar-refractivity contribution is 5.92. The van der Waals surface area contributed by atoms with Gasteiger partial charge in [-0.25, -0.2) is 8.78 Å². The quantitative estimate of drug-likeness (QED) is 0.842. The number of nitrogens with zero attached hydrogens (tertiary/aromatic N) is 1. The molecule has 3 rings (SSSR count). The molecule has 0 radical (unpaired) electrons. The first kappa shape index (κ1) is 18.3. The molecular formula is C20H22F2N2O2. The van der Waals surface area contributed by atoms with Gasteiger partial charge in [-0.05, 0) is 56.1 Å². The van der Waals surface area contributed by atoms with Gasteiger partial charge in [0.15, 0.2) is 0 Å². The third-order valence-electron chi connectivity index (χ3n) is 4.49. The molecule has 1 fully saturated rings. The molecule has 26 heavy (non-hydrogen) atoms. The number of anilines is 1. The minimum Gasteiger partial charge on any atom is -0.494 e. The van der Waals surface area contributed by atoms with E-state index in [2.05, 4.69) is 10.2 Å². The van der Waals surface area contributed by atoms with Crippen molar-refractivity contribution in [3.8, 4) is 5.75 Å². The van der Waals surface area contributed by atoms with E-state index in [-0.39, 0.29) is 24.2 Å². The van der Waals surface area contributed by atoms with Crippen molar-refractivity contribution in [2.24, 2.45) is 0 Å². The molecule has 0 aliphatic carbocycles. The van der Waals surface area contributed by atoms with Crippen molar-refractivity contribution in [3.63, 3.8) is 0 Å². The smallest absolute Gasteiger partial charge is 0.238 e. The summed E-state index contributed by atoms with van der Waals surface area (Å²) in [6, 6.07) is 11.0. The summed E-state index contributed by atoms with van der Waals surface area (Å²) in [5.41, 5.74) is 0.988. The van der Waals surface area contributed by atoms with E-state index < -0.39 is 11.6 Å². The summed E-state index contributed by atoms with van der Waals surface area (Å²) >= 11 is 0. The van der Waals surface area contributed by atoms with Gasteiger partial charge in [-0.1, -0.05) is 12.1 Å². The second kappa shape index (κ2) is 8.27. The Labute approximate surface area is 151 Å². The fourth-order valence-corrected chi connectivity index (χ4v) is 3.31. The van der Waals surface area contributed by atoms with Crippen molar-refractivity contribution >= 4 is 11.6 Å². The minimum atomic E-state index is -0.649. The molecule has 2 aromatic carbocycles. The van der Waals surface area contributed by atoms with Gasteiger partial charge in [0.1, 0.15) is 17.4 Å². The topological polar surface area (TPSA) is 41.6 Å². The molecule has 1 unspecified atom stereocenters. The Hall–Kier alpha value is -2.47. The molecule has 1 saturated heterocycles. The van der Waals surface area contributed by atoms with Crippen molar-refractivity contribution in [3.05, 3.63) is 59.7 Å². The van der Waals surface area contributed by atoms with Crippen LogP contribution < -0.4 is 10.1 Å². The number of nitrogens with one attached hydrogen (secondary N) is 1. The van der Waals surface area contributed by atoms with E-state index in [1.807, 2.05) is 31.2 Å². The van der Waals surface area contributed by atoms with E-state index >= 15 is 0 Å². The molecule has 6 heteroatoms. The predicted molar refractivity (Wildman–Crippen MR) is 96.1 cm³/mol. The summed E-state index contributed by atoms with van der Waals surface area (Å²) in [4.78, 5) is 14.3. The van der Waals surface area contributed by atoms with Crippen molar-refractivity contribution in [1.29, 1.82) is 0 Å². The van der Waals surface area contributed by atoms with Crippen LogP contribution in [0.4, 0.5) is 14.5 Å². The second-order valence-electron chi connectivity index (χ2n) is 6.30. The SMILES string of the molecule is CCOc1ccc(C2CCCN2CC(=O)Nc2cc(F)ccc2F)cc1. The molecule has 0 saturated carbocycles. The summed E-state index contributed by atoms with van der Waals surface area (Å²) in [6.07, 6.45) is 1.94. The highest BCUT2D eigenvalue weighted by Crippen LogP contribution is 2.32. The molecule has 0 bridgehead atoms. The maximum atomic E-state index is 13.7. The standard InChI is InChI=1S/C20H22F2N2O2/c1-2-26-16-8-5-14(6-9-16)19-4-3-11-24(19)13-20(25)23-18-12-15(21)7-10-17(18)22/h5-10,12,19H,2-4,11,13H2,1H3,(H,23,25). The lowest BCUT2D eigenvalue weighted by atomic mass is 10.0. The number of likely N-dealkylation sites (tertiary alicyclic amines) is 1. The van der Waals surface area contributed by atoms with Crippen LogP contribution in [-0.4, -0.2) is 30.5 Å². The lowest BCUT2D eigenvalue weighted by Gasteiger charge is -2.24. The van der Waals surface area contributed by atoms with Gasteiger partial charge < -0.3 is 10.1 Å². The predicted octanol–water partition coefficient (Wildman–Crippen LogP) is 4.14. The second-order valence-corrected chi connectivity index (χ2v) is 6.30. The van der Waals surface area contributed by atoms with E-state index in [4.69, 9.17) is 4.74 Å². The zero-order valence-corrected chi connectivity index (χ0v) is 14.7. The lowest BCUT2D eigenvalue weighted by Crippen LogP contribution is -2.33. The van der Waals surface area contributed by atoms with Gasteiger partial charge in [0.2, 0.25) is 5.91 Å². The Balaban J connectivity index is 1.64. The molecule has 0 aromatic heterocycles. The number of carbonyl (C=O) groups excluding carboxylic acids is 1. The number of hydrogen-bond acceptors (Lipinski definition) is 3. The summed E-state index contributed by atoms with van der Waals surface area (Å²) in [5, 5.41) is 2.46. The maximum absolute atomic E-state index is 13.7. The fraction of sp³-hybridized carbons (Fsp3) is 0.350. The molecule has 4 nitrogen and oxygen atoms in total. The van der Waals surface area contributed by atoms with Crippen LogP contribution >= 0.6 is 0 Å². The molecule has 1 aliphatic rings. The molecule has 1 heterocycles. The molecule has 1 amide bonds. The van der Waals surface area contributed by atoms with Crippen LogP contribution in [0.3, 0.4) is 0 Å². The summed E-state index contributed by atoms with van der Waals surface area (Å²) in [5.74, 6) is -0.771. The largest absolute Gasteiger partial charge is 0.494 e. The lowest BCUT2D eigenvalue weighted by molar-refractivity contribution is -0.117. The van der Waals surface area contributed by atoms with Crippen molar-refractivity contribution in [1.82, 2.24) is 4.90 Å². The first-order chi connectivity index (χ1) is 12.6. The van der Waals surface area contributed by atoms with Gasteiger partial charge >= 0.3 is 0 Å². The van der Waals surface area contributed by atoms with E-state index in [1.165, 1.54) is 0 Å². The average Bonchev–Trinajstić information content (AvgIpc) is 3.07. The highest BCUT2D eigenvalue weighted by Gasteiger charge is 2.27. The highest BCUT2D eigenvalue weighted by atomic mass is 19.1. The molecule has 1 N–H and O–H groups in total. The average molecular weight is 360 g/mol. The van der Waals surface area contributed by atoms with Gasteiger partial charge in [-0.15, -0.1) is 0 Å². The van der Waals surface area contributed by atoms with E-state index in [9.17, 15) is 13.6 Å². The van der Waals surface area contributed by atoms with Crippen molar-refractivity contribution in [2.75, 3.05) is 25.0 Å². The first-order valence-electron chi connectivity index (χ1n) is 8.78. The van der Waals surface area contributed by atoms with E-state index in [1.54, 1.807) is 0 Å². The summed E-state index contributed by atoms with van der Waals surface area (Å²) < 4.78 is 32.4.